The maximum Gasteiger partial charge on any atom is 0.315 e. The number of nitrogens with two attached hydrogens (primary N) is 2. The van der Waals surface area contributed by atoms with Crippen molar-refractivity contribution in [2.45, 2.75) is 45.7 Å². The summed E-state index contributed by atoms with van der Waals surface area (Å²) in [5, 5.41) is 8.99. The molecule has 3 amide bonds. The van der Waals surface area contributed by atoms with E-state index in [0.717, 1.165) is 12.8 Å². The fraction of sp³-hybridized carbons (Fsp3) is 0.692. The van der Waals surface area contributed by atoms with Crippen LogP contribution in [0.3, 0.4) is 0 Å². The zero-order valence-corrected chi connectivity index (χ0v) is 13.0. The Morgan fingerprint density at radius 1 is 1.41 bits per heavy atom. The SMILES string of the molecule is CCCC(C)CNC(=O)N[C@H](CC(N)=O)c1nc(CN)no1. The molecule has 2 atom stereocenters. The average Bonchev–Trinajstić information content (AvgIpc) is 2.93. The van der Waals surface area contributed by atoms with Crippen LogP contribution in [0.4, 0.5) is 4.79 Å². The second-order valence-electron chi connectivity index (χ2n) is 5.22. The molecule has 0 aliphatic rings. The summed E-state index contributed by atoms with van der Waals surface area (Å²) in [6, 6.07) is -1.19. The van der Waals surface area contributed by atoms with E-state index in [0.29, 0.717) is 18.3 Å². The molecular weight excluding hydrogens is 288 g/mol. The summed E-state index contributed by atoms with van der Waals surface area (Å²) in [5.74, 6) is 0.189. The number of rotatable bonds is 9. The molecule has 9 heteroatoms. The second kappa shape index (κ2) is 8.98. The number of primary amides is 1. The van der Waals surface area contributed by atoms with Crippen molar-refractivity contribution in [2.75, 3.05) is 6.54 Å². The smallest absolute Gasteiger partial charge is 0.315 e. The molecule has 0 bridgehead atoms. The van der Waals surface area contributed by atoms with Crippen molar-refractivity contribution in [2.24, 2.45) is 17.4 Å². The lowest BCUT2D eigenvalue weighted by molar-refractivity contribution is -0.118. The number of hydrogen-bond donors (Lipinski definition) is 4. The minimum absolute atomic E-state index is 0.105. The first-order valence-corrected chi connectivity index (χ1v) is 7.31. The van der Waals surface area contributed by atoms with Crippen LogP contribution in [-0.2, 0) is 11.3 Å². The molecule has 0 saturated carbocycles. The lowest BCUT2D eigenvalue weighted by Gasteiger charge is -2.16. The normalized spacial score (nSPS) is 13.4. The van der Waals surface area contributed by atoms with Gasteiger partial charge in [-0.15, -0.1) is 0 Å². The van der Waals surface area contributed by atoms with Crippen LogP contribution in [0.25, 0.3) is 0 Å². The molecule has 0 radical (unpaired) electrons. The predicted octanol–water partition coefficient (Wildman–Crippen LogP) is 0.180. The molecule has 0 fully saturated rings. The van der Waals surface area contributed by atoms with Crippen LogP contribution in [-0.4, -0.2) is 28.6 Å². The van der Waals surface area contributed by atoms with Gasteiger partial charge in [-0.3, -0.25) is 4.79 Å². The van der Waals surface area contributed by atoms with E-state index in [1.165, 1.54) is 0 Å². The standard InChI is InChI=1S/C13H24N6O3/c1-3-4-8(2)7-16-13(21)17-9(5-10(15)20)12-18-11(6-14)19-22-12/h8-9H,3-7,14H2,1-2H3,(H2,15,20)(H2,16,17,21)/t8?,9-/m1/s1. The lowest BCUT2D eigenvalue weighted by Crippen LogP contribution is -2.41. The van der Waals surface area contributed by atoms with E-state index in [1.54, 1.807) is 0 Å². The number of nitrogens with one attached hydrogen (secondary N) is 2. The molecule has 1 rings (SSSR count). The quantitative estimate of drug-likeness (QED) is 0.511. The van der Waals surface area contributed by atoms with Gasteiger partial charge in [-0.1, -0.05) is 25.4 Å². The molecule has 0 saturated heterocycles. The van der Waals surface area contributed by atoms with Crippen molar-refractivity contribution < 1.29 is 14.1 Å². The van der Waals surface area contributed by atoms with Gasteiger partial charge >= 0.3 is 6.03 Å². The van der Waals surface area contributed by atoms with Crippen LogP contribution in [0.15, 0.2) is 4.52 Å². The van der Waals surface area contributed by atoms with Crippen LogP contribution in [0.2, 0.25) is 0 Å². The molecule has 0 aromatic carbocycles. The maximum absolute atomic E-state index is 11.9. The van der Waals surface area contributed by atoms with Crippen LogP contribution >= 0.6 is 0 Å². The highest BCUT2D eigenvalue weighted by Crippen LogP contribution is 2.14. The van der Waals surface area contributed by atoms with E-state index in [-0.39, 0.29) is 18.9 Å². The lowest BCUT2D eigenvalue weighted by atomic mass is 10.1. The molecule has 1 heterocycles. The molecule has 0 aliphatic heterocycles. The number of carbonyl (C=O) groups is 2. The highest BCUT2D eigenvalue weighted by molar-refractivity contribution is 5.77. The Labute approximate surface area is 129 Å². The Balaban J connectivity index is 2.60. The van der Waals surface area contributed by atoms with Gasteiger partial charge in [0.2, 0.25) is 11.8 Å². The molecule has 9 nitrogen and oxygen atoms in total. The van der Waals surface area contributed by atoms with E-state index >= 15 is 0 Å². The van der Waals surface area contributed by atoms with Crippen molar-refractivity contribution in [3.8, 4) is 0 Å². The first-order valence-electron chi connectivity index (χ1n) is 7.31. The van der Waals surface area contributed by atoms with Crippen molar-refractivity contribution in [3.05, 3.63) is 11.7 Å². The van der Waals surface area contributed by atoms with Gasteiger partial charge in [0, 0.05) is 6.54 Å². The third kappa shape index (κ3) is 6.08. The summed E-state index contributed by atoms with van der Waals surface area (Å²) in [6.45, 7) is 4.79. The van der Waals surface area contributed by atoms with E-state index in [9.17, 15) is 9.59 Å². The number of aromatic nitrogens is 2. The number of carbonyl (C=O) groups excluding carboxylic acids is 2. The van der Waals surface area contributed by atoms with Gasteiger partial charge < -0.3 is 26.6 Å². The van der Waals surface area contributed by atoms with Gasteiger partial charge in [-0.05, 0) is 12.3 Å². The predicted molar refractivity (Wildman–Crippen MR) is 79.3 cm³/mol. The van der Waals surface area contributed by atoms with E-state index in [2.05, 4.69) is 34.6 Å². The Bertz CT molecular complexity index is 490. The summed E-state index contributed by atoms with van der Waals surface area (Å²) in [5.41, 5.74) is 10.6. The average molecular weight is 312 g/mol. The maximum atomic E-state index is 11.9. The van der Waals surface area contributed by atoms with Gasteiger partial charge in [0.1, 0.15) is 6.04 Å². The number of urea groups is 1. The highest BCUT2D eigenvalue weighted by atomic mass is 16.5. The Morgan fingerprint density at radius 2 is 2.14 bits per heavy atom. The topological polar surface area (TPSA) is 149 Å². The van der Waals surface area contributed by atoms with Gasteiger partial charge in [0.05, 0.1) is 13.0 Å². The van der Waals surface area contributed by atoms with E-state index in [1.807, 2.05) is 0 Å². The molecule has 1 aromatic heterocycles. The second-order valence-corrected chi connectivity index (χ2v) is 5.22. The summed E-state index contributed by atoms with van der Waals surface area (Å²) >= 11 is 0. The van der Waals surface area contributed by atoms with E-state index < -0.39 is 18.0 Å². The van der Waals surface area contributed by atoms with Crippen molar-refractivity contribution in [1.29, 1.82) is 0 Å². The van der Waals surface area contributed by atoms with Crippen molar-refractivity contribution >= 4 is 11.9 Å². The molecule has 0 spiro atoms. The first kappa shape index (κ1) is 17.9. The zero-order valence-electron chi connectivity index (χ0n) is 13.0. The summed E-state index contributed by atoms with van der Waals surface area (Å²) < 4.78 is 4.99. The summed E-state index contributed by atoms with van der Waals surface area (Å²) in [7, 11) is 0. The Kier molecular flexibility index (Phi) is 7.30. The van der Waals surface area contributed by atoms with Crippen LogP contribution < -0.4 is 22.1 Å². The largest absolute Gasteiger partial charge is 0.370 e. The number of hydrogen-bond acceptors (Lipinski definition) is 6. The molecule has 0 aliphatic carbocycles. The fourth-order valence-corrected chi connectivity index (χ4v) is 1.96. The molecule has 1 unspecified atom stereocenters. The van der Waals surface area contributed by atoms with Crippen molar-refractivity contribution in [3.63, 3.8) is 0 Å². The molecule has 6 N–H and O–H groups in total. The van der Waals surface area contributed by atoms with Gasteiger partial charge in [0.15, 0.2) is 5.82 Å². The third-order valence-electron chi connectivity index (χ3n) is 3.07. The number of nitrogens with zero attached hydrogens (tertiary/aromatic N) is 2. The van der Waals surface area contributed by atoms with Crippen LogP contribution in [0, 0.1) is 5.92 Å². The van der Waals surface area contributed by atoms with Gasteiger partial charge in [-0.2, -0.15) is 4.98 Å². The zero-order chi connectivity index (χ0) is 16.5. The molecular formula is C13H24N6O3. The summed E-state index contributed by atoms with van der Waals surface area (Å²) in [4.78, 5) is 27.0. The molecule has 1 aromatic rings. The van der Waals surface area contributed by atoms with Crippen molar-refractivity contribution in [1.82, 2.24) is 20.8 Å². The van der Waals surface area contributed by atoms with E-state index in [4.69, 9.17) is 16.0 Å². The monoisotopic (exact) mass is 312 g/mol. The fourth-order valence-electron chi connectivity index (χ4n) is 1.96. The minimum Gasteiger partial charge on any atom is -0.370 e. The highest BCUT2D eigenvalue weighted by Gasteiger charge is 2.23. The Hall–Kier alpha value is -2.16. The molecule has 22 heavy (non-hydrogen) atoms. The molecule has 124 valence electrons. The minimum atomic E-state index is -0.771. The summed E-state index contributed by atoms with van der Waals surface area (Å²) in [6.07, 6.45) is 1.94. The number of amides is 3. The third-order valence-corrected chi connectivity index (χ3v) is 3.07. The Morgan fingerprint density at radius 3 is 2.68 bits per heavy atom. The van der Waals surface area contributed by atoms with Crippen LogP contribution in [0.1, 0.15) is 50.9 Å². The van der Waals surface area contributed by atoms with Gasteiger partial charge in [0.25, 0.3) is 0 Å². The van der Waals surface area contributed by atoms with Crippen LogP contribution in [0.5, 0.6) is 0 Å². The van der Waals surface area contributed by atoms with Gasteiger partial charge in [-0.25, -0.2) is 4.79 Å². The first-order chi connectivity index (χ1) is 10.5.